The quantitative estimate of drug-likeness (QED) is 0.369. The summed E-state index contributed by atoms with van der Waals surface area (Å²) in [5.41, 5.74) is 1.37. The molecule has 2 aromatic heterocycles. The molecule has 0 spiro atoms. The molecule has 36 heavy (non-hydrogen) atoms. The van der Waals surface area contributed by atoms with Gasteiger partial charge in [0.1, 0.15) is 16.5 Å². The first kappa shape index (κ1) is 27.5. The number of fused-ring (bicyclic) bond motifs is 1. The van der Waals surface area contributed by atoms with Gasteiger partial charge in [-0.1, -0.05) is 29.3 Å². The number of piperidine rings is 1. The van der Waals surface area contributed by atoms with Crippen molar-refractivity contribution < 1.29 is 32.3 Å². The van der Waals surface area contributed by atoms with E-state index in [-0.39, 0.29) is 27.3 Å². The first-order chi connectivity index (χ1) is 16.9. The van der Waals surface area contributed by atoms with E-state index in [9.17, 15) is 27.2 Å². The van der Waals surface area contributed by atoms with Gasteiger partial charge in [-0.15, -0.1) is 0 Å². The maximum atomic E-state index is 14.3. The number of H-pyrrole nitrogens is 1. The largest absolute Gasteiger partial charge is 0.490 e. The smallest absolute Gasteiger partial charge is 0.475 e. The predicted octanol–water partition coefficient (Wildman–Crippen LogP) is 3.78. The van der Waals surface area contributed by atoms with Gasteiger partial charge in [-0.2, -0.15) is 13.2 Å². The number of alkyl halides is 3. The number of nitrogens with zero attached hydrogens (tertiary/aromatic N) is 1. The SMILES string of the molecule is O=C(NC1CCNCC1)c1cc(Cc2c[nH]c(=O)c3cc(Cl)c(Cl)n23)ccc1F.O=C(O)C(F)(F)F. The summed E-state index contributed by atoms with van der Waals surface area (Å²) in [7, 11) is 0. The van der Waals surface area contributed by atoms with Crippen molar-refractivity contribution >= 4 is 40.6 Å². The molecule has 14 heteroatoms. The van der Waals surface area contributed by atoms with Crippen molar-refractivity contribution in [1.29, 1.82) is 0 Å². The Balaban J connectivity index is 0.000000454. The third-order valence-electron chi connectivity index (χ3n) is 5.36. The third kappa shape index (κ3) is 6.56. The molecule has 8 nitrogen and oxygen atoms in total. The maximum Gasteiger partial charge on any atom is 0.490 e. The van der Waals surface area contributed by atoms with Crippen molar-refractivity contribution in [2.24, 2.45) is 0 Å². The summed E-state index contributed by atoms with van der Waals surface area (Å²) in [6.45, 7) is 1.66. The van der Waals surface area contributed by atoms with Crippen molar-refractivity contribution in [1.82, 2.24) is 20.0 Å². The number of aromatic nitrogens is 2. The monoisotopic (exact) mass is 550 g/mol. The number of carboxylic acids is 1. The summed E-state index contributed by atoms with van der Waals surface area (Å²) in [5, 5.41) is 13.8. The van der Waals surface area contributed by atoms with Crippen LogP contribution in [0.5, 0.6) is 0 Å². The van der Waals surface area contributed by atoms with Gasteiger partial charge in [0.05, 0.1) is 10.6 Å². The Morgan fingerprint density at radius 2 is 1.81 bits per heavy atom. The Morgan fingerprint density at radius 1 is 1.17 bits per heavy atom. The molecule has 0 radical (unpaired) electrons. The van der Waals surface area contributed by atoms with Gasteiger partial charge in [-0.05, 0) is 49.7 Å². The molecule has 1 aliphatic heterocycles. The number of aromatic amines is 1. The number of aliphatic carboxylic acids is 1. The number of rotatable bonds is 4. The Bertz CT molecular complexity index is 1330. The lowest BCUT2D eigenvalue weighted by atomic mass is 10.0. The standard InChI is InChI=1S/C20H19Cl2FN4O2.C2HF3O2/c21-15-9-17-20(29)25-10-13(27(17)18(15)22)7-11-1-2-16(23)14(8-11)19(28)26-12-3-5-24-6-4-12;3-2(4,5)1(6)7/h1-2,8-10,12,24H,3-7H2,(H,25,29)(H,26,28);(H,6,7). The highest BCUT2D eigenvalue weighted by atomic mass is 35.5. The van der Waals surface area contributed by atoms with Crippen molar-refractivity contribution in [2.75, 3.05) is 13.1 Å². The minimum absolute atomic E-state index is 0.00154. The first-order valence-corrected chi connectivity index (χ1v) is 11.3. The maximum absolute atomic E-state index is 14.3. The predicted molar refractivity (Wildman–Crippen MR) is 124 cm³/mol. The normalized spacial score (nSPS) is 14.3. The van der Waals surface area contributed by atoms with Crippen LogP contribution in [0.25, 0.3) is 5.52 Å². The average Bonchev–Trinajstić information content (AvgIpc) is 3.12. The molecule has 0 saturated carbocycles. The highest BCUT2D eigenvalue weighted by Crippen LogP contribution is 2.27. The van der Waals surface area contributed by atoms with E-state index in [1.54, 1.807) is 10.5 Å². The van der Waals surface area contributed by atoms with Gasteiger partial charge in [-0.3, -0.25) is 14.0 Å². The molecule has 1 aromatic carbocycles. The van der Waals surface area contributed by atoms with Crippen LogP contribution in [0, 0.1) is 5.82 Å². The van der Waals surface area contributed by atoms with Gasteiger partial charge in [0, 0.05) is 24.4 Å². The molecule has 194 valence electrons. The summed E-state index contributed by atoms with van der Waals surface area (Å²) in [6, 6.07) is 5.94. The Kier molecular flexibility index (Phi) is 8.64. The Hall–Kier alpha value is -3.09. The number of amides is 1. The molecule has 0 aliphatic carbocycles. The van der Waals surface area contributed by atoms with Crippen molar-refractivity contribution in [2.45, 2.75) is 31.5 Å². The molecular weight excluding hydrogens is 531 g/mol. The molecule has 0 bridgehead atoms. The van der Waals surface area contributed by atoms with Crippen LogP contribution in [-0.4, -0.2) is 51.7 Å². The molecule has 1 amide bonds. The lowest BCUT2D eigenvalue weighted by molar-refractivity contribution is -0.192. The van der Waals surface area contributed by atoms with E-state index in [1.807, 2.05) is 0 Å². The third-order valence-corrected chi connectivity index (χ3v) is 6.12. The number of hydrogen-bond acceptors (Lipinski definition) is 4. The summed E-state index contributed by atoms with van der Waals surface area (Å²) < 4.78 is 47.6. The number of carbonyl (C=O) groups is 2. The van der Waals surface area contributed by atoms with Crippen LogP contribution in [0.4, 0.5) is 17.6 Å². The van der Waals surface area contributed by atoms with E-state index < -0.39 is 23.9 Å². The zero-order chi connectivity index (χ0) is 26.6. The number of halogens is 6. The van der Waals surface area contributed by atoms with E-state index >= 15 is 0 Å². The van der Waals surface area contributed by atoms with Gasteiger partial charge in [0.2, 0.25) is 0 Å². The van der Waals surface area contributed by atoms with E-state index in [1.165, 1.54) is 24.4 Å². The zero-order valence-electron chi connectivity index (χ0n) is 18.4. The minimum Gasteiger partial charge on any atom is -0.475 e. The van der Waals surface area contributed by atoms with Crippen molar-refractivity contribution in [3.05, 3.63) is 73.6 Å². The van der Waals surface area contributed by atoms with Crippen LogP contribution < -0.4 is 16.2 Å². The molecule has 0 unspecified atom stereocenters. The van der Waals surface area contributed by atoms with E-state index in [4.69, 9.17) is 33.1 Å². The molecule has 4 rings (SSSR count). The highest BCUT2D eigenvalue weighted by molar-refractivity contribution is 6.42. The fraction of sp³-hybridized carbons (Fsp3) is 0.318. The Labute approximate surface area is 211 Å². The van der Waals surface area contributed by atoms with Gasteiger partial charge in [0.25, 0.3) is 11.5 Å². The number of benzene rings is 1. The molecule has 1 aliphatic rings. The fourth-order valence-corrected chi connectivity index (χ4v) is 4.06. The van der Waals surface area contributed by atoms with Crippen molar-refractivity contribution in [3.8, 4) is 0 Å². The average molecular weight is 551 g/mol. The summed E-state index contributed by atoms with van der Waals surface area (Å²) >= 11 is 12.3. The van der Waals surface area contributed by atoms with Gasteiger partial charge in [0.15, 0.2) is 0 Å². The molecular formula is C22H20Cl2F4N4O4. The lowest BCUT2D eigenvalue weighted by Crippen LogP contribution is -2.42. The number of hydrogen-bond donors (Lipinski definition) is 4. The van der Waals surface area contributed by atoms with Crippen LogP contribution in [0.3, 0.4) is 0 Å². The molecule has 3 aromatic rings. The van der Waals surface area contributed by atoms with Crippen LogP contribution >= 0.6 is 23.2 Å². The van der Waals surface area contributed by atoms with Gasteiger partial charge in [-0.25, -0.2) is 9.18 Å². The van der Waals surface area contributed by atoms with Crippen LogP contribution in [0.15, 0.2) is 35.3 Å². The molecule has 4 N–H and O–H groups in total. The Morgan fingerprint density at radius 3 is 2.42 bits per heavy atom. The molecule has 1 saturated heterocycles. The van der Waals surface area contributed by atoms with Crippen LogP contribution in [0.2, 0.25) is 10.2 Å². The van der Waals surface area contributed by atoms with Gasteiger partial charge < -0.3 is 20.7 Å². The van der Waals surface area contributed by atoms with E-state index in [2.05, 4.69) is 15.6 Å². The summed E-state index contributed by atoms with van der Waals surface area (Å²) in [4.78, 5) is 36.2. The molecule has 0 atom stereocenters. The van der Waals surface area contributed by atoms with Crippen LogP contribution in [0.1, 0.15) is 34.5 Å². The minimum atomic E-state index is -5.08. The fourth-order valence-electron chi connectivity index (χ4n) is 3.62. The second kappa shape index (κ2) is 11.3. The summed E-state index contributed by atoms with van der Waals surface area (Å²) in [5.74, 6) is -3.76. The molecule has 1 fully saturated rings. The zero-order valence-corrected chi connectivity index (χ0v) is 19.9. The lowest BCUT2D eigenvalue weighted by Gasteiger charge is -2.23. The highest BCUT2D eigenvalue weighted by Gasteiger charge is 2.38. The summed E-state index contributed by atoms with van der Waals surface area (Å²) in [6.07, 6.45) is -1.59. The number of carboxylic acid groups (broad SMARTS) is 1. The van der Waals surface area contributed by atoms with Gasteiger partial charge >= 0.3 is 12.1 Å². The van der Waals surface area contributed by atoms with Crippen LogP contribution in [-0.2, 0) is 11.2 Å². The topological polar surface area (TPSA) is 116 Å². The van der Waals surface area contributed by atoms with E-state index in [0.717, 1.165) is 25.9 Å². The second-order valence-corrected chi connectivity index (χ2v) is 8.67. The number of carbonyl (C=O) groups excluding carboxylic acids is 1. The molecule has 3 heterocycles. The number of nitrogens with one attached hydrogen (secondary N) is 3. The van der Waals surface area contributed by atoms with E-state index in [0.29, 0.717) is 23.2 Å². The first-order valence-electron chi connectivity index (χ1n) is 10.6. The van der Waals surface area contributed by atoms with Crippen molar-refractivity contribution in [3.63, 3.8) is 0 Å². The second-order valence-electron chi connectivity index (χ2n) is 7.90.